The molecule has 1 unspecified atom stereocenters. The first-order valence-electron chi connectivity index (χ1n) is 6.09. The summed E-state index contributed by atoms with van der Waals surface area (Å²) in [7, 11) is 0. The molecule has 0 aliphatic heterocycles. The zero-order valence-electron chi connectivity index (χ0n) is 10.1. The van der Waals surface area contributed by atoms with Crippen LogP contribution in [0.25, 0.3) is 0 Å². The van der Waals surface area contributed by atoms with E-state index in [0.717, 1.165) is 24.7 Å². The standard InChI is InChI=1S/C11H17N5O/c1-11(2)7-3-6(4-8(7)11)10(17)12-5-9-13-15-16-14-9/h6-8H,3-5H2,1-2H3,(H,12,17)(H,13,14,15,16)/t6?,7-,8+. The number of carbonyl (C=O) groups is 1. The molecule has 92 valence electrons. The summed E-state index contributed by atoms with van der Waals surface area (Å²) >= 11 is 0. The molecule has 2 aliphatic carbocycles. The molecule has 0 saturated heterocycles. The Morgan fingerprint density at radius 2 is 2.18 bits per heavy atom. The van der Waals surface area contributed by atoms with E-state index in [4.69, 9.17) is 0 Å². The second kappa shape index (κ2) is 3.51. The second-order valence-electron chi connectivity index (χ2n) is 5.75. The molecule has 0 aromatic carbocycles. The molecule has 3 rings (SSSR count). The molecule has 1 amide bonds. The Morgan fingerprint density at radius 3 is 2.76 bits per heavy atom. The van der Waals surface area contributed by atoms with Crippen LogP contribution in [0.15, 0.2) is 0 Å². The molecule has 1 aromatic heterocycles. The third kappa shape index (κ3) is 1.71. The number of aromatic nitrogens is 4. The fourth-order valence-electron chi connectivity index (χ4n) is 3.28. The molecule has 2 fully saturated rings. The number of H-pyrrole nitrogens is 1. The van der Waals surface area contributed by atoms with E-state index in [1.807, 2.05) is 0 Å². The highest BCUT2D eigenvalue weighted by Gasteiger charge is 2.62. The van der Waals surface area contributed by atoms with Gasteiger partial charge in [-0.25, -0.2) is 0 Å². The fraction of sp³-hybridized carbons (Fsp3) is 0.818. The average Bonchev–Trinajstić information content (AvgIpc) is 2.82. The van der Waals surface area contributed by atoms with E-state index in [9.17, 15) is 4.79 Å². The van der Waals surface area contributed by atoms with Crippen LogP contribution in [-0.4, -0.2) is 26.5 Å². The van der Waals surface area contributed by atoms with Crippen LogP contribution in [0, 0.1) is 23.2 Å². The first kappa shape index (κ1) is 10.7. The third-order valence-corrected chi connectivity index (χ3v) is 4.55. The Morgan fingerprint density at radius 1 is 1.47 bits per heavy atom. The van der Waals surface area contributed by atoms with Crippen LogP contribution in [0.5, 0.6) is 0 Å². The van der Waals surface area contributed by atoms with Gasteiger partial charge in [0.25, 0.3) is 0 Å². The van der Waals surface area contributed by atoms with Crippen molar-refractivity contribution in [2.45, 2.75) is 33.2 Å². The van der Waals surface area contributed by atoms with Crippen molar-refractivity contribution in [2.24, 2.45) is 23.2 Å². The molecule has 2 saturated carbocycles. The van der Waals surface area contributed by atoms with Gasteiger partial charge in [0, 0.05) is 5.92 Å². The summed E-state index contributed by atoms with van der Waals surface area (Å²) in [5.41, 5.74) is 0.477. The number of amides is 1. The first-order chi connectivity index (χ1) is 8.09. The molecule has 17 heavy (non-hydrogen) atoms. The lowest BCUT2D eigenvalue weighted by molar-refractivity contribution is -0.125. The number of hydrogen-bond donors (Lipinski definition) is 2. The van der Waals surface area contributed by atoms with E-state index >= 15 is 0 Å². The summed E-state index contributed by atoms with van der Waals surface area (Å²) in [5.74, 6) is 2.36. The van der Waals surface area contributed by atoms with Crippen LogP contribution in [0.4, 0.5) is 0 Å². The van der Waals surface area contributed by atoms with E-state index in [2.05, 4.69) is 39.8 Å². The lowest BCUT2D eigenvalue weighted by atomic mass is 9.92. The number of carbonyl (C=O) groups excluding carboxylic acids is 1. The van der Waals surface area contributed by atoms with Crippen molar-refractivity contribution in [2.75, 3.05) is 0 Å². The summed E-state index contributed by atoms with van der Waals surface area (Å²) in [6, 6.07) is 0. The Kier molecular flexibility index (Phi) is 2.21. The van der Waals surface area contributed by atoms with Gasteiger partial charge in [0.05, 0.1) is 6.54 Å². The topological polar surface area (TPSA) is 83.6 Å². The SMILES string of the molecule is CC1(C)[C@@H]2CC(C(=O)NCc3nn[nH]n3)C[C@@H]21. The quantitative estimate of drug-likeness (QED) is 0.799. The number of aromatic amines is 1. The van der Waals surface area contributed by atoms with Crippen molar-refractivity contribution in [3.05, 3.63) is 5.82 Å². The monoisotopic (exact) mass is 235 g/mol. The van der Waals surface area contributed by atoms with Crippen LogP contribution in [0.2, 0.25) is 0 Å². The van der Waals surface area contributed by atoms with Crippen molar-refractivity contribution in [3.63, 3.8) is 0 Å². The Hall–Kier alpha value is -1.46. The van der Waals surface area contributed by atoms with Gasteiger partial charge in [0.1, 0.15) is 0 Å². The highest BCUT2D eigenvalue weighted by molar-refractivity contribution is 5.79. The second-order valence-corrected chi connectivity index (χ2v) is 5.75. The third-order valence-electron chi connectivity index (χ3n) is 4.55. The molecule has 6 heteroatoms. The number of fused-ring (bicyclic) bond motifs is 1. The molecule has 6 nitrogen and oxygen atoms in total. The predicted octanol–water partition coefficient (Wildman–Crippen LogP) is 0.498. The highest BCUT2D eigenvalue weighted by atomic mass is 16.1. The Bertz CT molecular complexity index is 413. The minimum absolute atomic E-state index is 0.137. The maximum absolute atomic E-state index is 11.9. The summed E-state index contributed by atoms with van der Waals surface area (Å²) < 4.78 is 0. The van der Waals surface area contributed by atoms with Crippen molar-refractivity contribution >= 4 is 5.91 Å². The summed E-state index contributed by atoms with van der Waals surface area (Å²) in [4.78, 5) is 11.9. The molecule has 2 aliphatic rings. The Labute approximate surface area is 99.6 Å². The average molecular weight is 235 g/mol. The number of rotatable bonds is 3. The van der Waals surface area contributed by atoms with Crippen LogP contribution in [0.1, 0.15) is 32.5 Å². The molecular formula is C11H17N5O. The lowest BCUT2D eigenvalue weighted by Gasteiger charge is -2.16. The van der Waals surface area contributed by atoms with Gasteiger partial charge in [0.15, 0.2) is 5.82 Å². The van der Waals surface area contributed by atoms with Crippen molar-refractivity contribution in [1.82, 2.24) is 25.9 Å². The van der Waals surface area contributed by atoms with Crippen LogP contribution in [0.3, 0.4) is 0 Å². The van der Waals surface area contributed by atoms with E-state index in [1.54, 1.807) is 0 Å². The van der Waals surface area contributed by atoms with Gasteiger partial charge in [-0.2, -0.15) is 5.21 Å². The van der Waals surface area contributed by atoms with Gasteiger partial charge < -0.3 is 5.32 Å². The minimum atomic E-state index is 0.137. The number of nitrogens with one attached hydrogen (secondary N) is 2. The molecule has 0 spiro atoms. The zero-order chi connectivity index (χ0) is 12.0. The summed E-state index contributed by atoms with van der Waals surface area (Å²) in [5, 5.41) is 16.3. The highest BCUT2D eigenvalue weighted by Crippen LogP contribution is 2.68. The van der Waals surface area contributed by atoms with E-state index in [0.29, 0.717) is 17.8 Å². The van der Waals surface area contributed by atoms with E-state index in [1.165, 1.54) is 0 Å². The number of hydrogen-bond acceptors (Lipinski definition) is 4. The van der Waals surface area contributed by atoms with E-state index in [-0.39, 0.29) is 11.8 Å². The Balaban J connectivity index is 1.49. The van der Waals surface area contributed by atoms with Gasteiger partial charge in [-0.1, -0.05) is 19.1 Å². The van der Waals surface area contributed by atoms with E-state index < -0.39 is 0 Å². The molecule has 0 radical (unpaired) electrons. The van der Waals surface area contributed by atoms with Crippen molar-refractivity contribution in [3.8, 4) is 0 Å². The van der Waals surface area contributed by atoms with Crippen molar-refractivity contribution < 1.29 is 4.79 Å². The zero-order valence-corrected chi connectivity index (χ0v) is 10.1. The maximum Gasteiger partial charge on any atom is 0.223 e. The fourth-order valence-corrected chi connectivity index (χ4v) is 3.28. The van der Waals surface area contributed by atoms with Crippen LogP contribution >= 0.6 is 0 Å². The van der Waals surface area contributed by atoms with Crippen LogP contribution < -0.4 is 5.32 Å². The minimum Gasteiger partial charge on any atom is -0.348 e. The maximum atomic E-state index is 11.9. The van der Waals surface area contributed by atoms with Crippen molar-refractivity contribution in [1.29, 1.82) is 0 Å². The molecular weight excluding hydrogens is 218 g/mol. The summed E-state index contributed by atoms with van der Waals surface area (Å²) in [6.45, 7) is 4.97. The molecule has 0 bridgehead atoms. The van der Waals surface area contributed by atoms with Crippen LogP contribution in [-0.2, 0) is 11.3 Å². The molecule has 2 N–H and O–H groups in total. The van der Waals surface area contributed by atoms with Gasteiger partial charge >= 0.3 is 0 Å². The van der Waals surface area contributed by atoms with Gasteiger partial charge in [-0.3, -0.25) is 4.79 Å². The van der Waals surface area contributed by atoms with Gasteiger partial charge in [0.2, 0.25) is 5.91 Å². The first-order valence-corrected chi connectivity index (χ1v) is 6.09. The smallest absolute Gasteiger partial charge is 0.223 e. The normalized spacial score (nSPS) is 33.2. The largest absolute Gasteiger partial charge is 0.348 e. The molecule has 3 atom stereocenters. The van der Waals surface area contributed by atoms with Gasteiger partial charge in [-0.15, -0.1) is 10.2 Å². The molecule has 1 heterocycles. The predicted molar refractivity (Wildman–Crippen MR) is 59.5 cm³/mol. The lowest BCUT2D eigenvalue weighted by Crippen LogP contribution is -2.30. The number of tetrazole rings is 1. The summed E-state index contributed by atoms with van der Waals surface area (Å²) in [6.07, 6.45) is 2.07. The number of nitrogens with zero attached hydrogens (tertiary/aromatic N) is 3. The molecule has 1 aromatic rings. The van der Waals surface area contributed by atoms with Gasteiger partial charge in [-0.05, 0) is 30.1 Å².